The van der Waals surface area contributed by atoms with Crippen molar-refractivity contribution in [3.05, 3.63) is 59.5 Å². The van der Waals surface area contributed by atoms with Crippen LogP contribution in [-0.2, 0) is 11.2 Å². The molecule has 28 heavy (non-hydrogen) atoms. The van der Waals surface area contributed by atoms with Crippen LogP contribution in [0.5, 0.6) is 0 Å². The van der Waals surface area contributed by atoms with Crippen LogP contribution in [-0.4, -0.2) is 56.8 Å². The maximum atomic E-state index is 5.55. The summed E-state index contributed by atoms with van der Waals surface area (Å²) in [5.41, 5.74) is 2.59. The van der Waals surface area contributed by atoms with Crippen molar-refractivity contribution in [3.63, 3.8) is 0 Å². The molecule has 6 nitrogen and oxygen atoms in total. The van der Waals surface area contributed by atoms with Crippen LogP contribution >= 0.6 is 0 Å². The minimum Gasteiger partial charge on any atom is -0.469 e. The molecular formula is C22H32N4O2. The monoisotopic (exact) mass is 384 g/mol. The number of aryl methyl sites for hydroxylation is 1. The molecule has 1 aliphatic rings. The van der Waals surface area contributed by atoms with Gasteiger partial charge in [-0.25, -0.2) is 0 Å². The molecule has 152 valence electrons. The third-order valence-electron chi connectivity index (χ3n) is 4.96. The molecule has 0 saturated carbocycles. The van der Waals surface area contributed by atoms with E-state index < -0.39 is 0 Å². The second-order valence-corrected chi connectivity index (χ2v) is 7.05. The smallest absolute Gasteiger partial charge is 0.191 e. The number of morpholine rings is 1. The van der Waals surface area contributed by atoms with Gasteiger partial charge in [0.05, 0.1) is 32.1 Å². The van der Waals surface area contributed by atoms with E-state index in [-0.39, 0.29) is 6.04 Å². The van der Waals surface area contributed by atoms with E-state index >= 15 is 0 Å². The van der Waals surface area contributed by atoms with E-state index in [0.717, 1.165) is 57.5 Å². The number of aliphatic imine (C=N–C) groups is 1. The van der Waals surface area contributed by atoms with Gasteiger partial charge in [-0.05, 0) is 31.5 Å². The molecule has 2 N–H and O–H groups in total. The fourth-order valence-corrected chi connectivity index (χ4v) is 3.39. The van der Waals surface area contributed by atoms with Crippen LogP contribution in [0.25, 0.3) is 0 Å². The minimum absolute atomic E-state index is 0.255. The third-order valence-corrected chi connectivity index (χ3v) is 4.96. The topological polar surface area (TPSA) is 62.0 Å². The van der Waals surface area contributed by atoms with Crippen molar-refractivity contribution in [1.82, 2.24) is 15.5 Å². The molecule has 1 aromatic carbocycles. The Balaban J connectivity index is 1.66. The predicted octanol–water partition coefficient (Wildman–Crippen LogP) is 2.76. The number of hydrogen-bond acceptors (Lipinski definition) is 4. The summed E-state index contributed by atoms with van der Waals surface area (Å²) in [4.78, 5) is 7.36. The van der Waals surface area contributed by atoms with Gasteiger partial charge in [-0.1, -0.05) is 29.8 Å². The number of ether oxygens (including phenoxy) is 1. The number of guanidine groups is 1. The van der Waals surface area contributed by atoms with Crippen molar-refractivity contribution in [3.8, 4) is 0 Å². The van der Waals surface area contributed by atoms with E-state index in [0.29, 0.717) is 6.54 Å². The molecule has 0 spiro atoms. The molecule has 0 radical (unpaired) electrons. The van der Waals surface area contributed by atoms with Crippen LogP contribution in [0.1, 0.15) is 29.9 Å². The standard InChI is InChI=1S/C22H32N4O2/c1-3-23-22(24-11-10-20-5-4-14-28-20)25-17-21(26-12-15-27-16-13-26)19-8-6-18(2)7-9-19/h4-9,14,21H,3,10-13,15-17H2,1-2H3,(H2,23,24,25). The summed E-state index contributed by atoms with van der Waals surface area (Å²) < 4.78 is 10.9. The highest BCUT2D eigenvalue weighted by Gasteiger charge is 2.22. The highest BCUT2D eigenvalue weighted by atomic mass is 16.5. The molecule has 0 amide bonds. The van der Waals surface area contributed by atoms with E-state index in [2.05, 4.69) is 53.6 Å². The molecule has 1 aliphatic heterocycles. The Bertz CT molecular complexity index is 707. The summed E-state index contributed by atoms with van der Waals surface area (Å²) in [6.07, 6.45) is 2.55. The Morgan fingerprint density at radius 3 is 2.61 bits per heavy atom. The van der Waals surface area contributed by atoms with Gasteiger partial charge < -0.3 is 19.8 Å². The third kappa shape index (κ3) is 6.11. The molecular weight excluding hydrogens is 352 g/mol. The molecule has 1 atom stereocenters. The summed E-state index contributed by atoms with van der Waals surface area (Å²) in [5, 5.41) is 6.76. The van der Waals surface area contributed by atoms with Gasteiger partial charge in [-0.15, -0.1) is 0 Å². The zero-order chi connectivity index (χ0) is 19.6. The van der Waals surface area contributed by atoms with Gasteiger partial charge in [0.25, 0.3) is 0 Å². The minimum atomic E-state index is 0.255. The van der Waals surface area contributed by atoms with Gasteiger partial charge in [0.1, 0.15) is 5.76 Å². The normalized spacial score (nSPS) is 16.7. The van der Waals surface area contributed by atoms with Crippen molar-refractivity contribution < 1.29 is 9.15 Å². The van der Waals surface area contributed by atoms with E-state index in [1.165, 1.54) is 11.1 Å². The summed E-state index contributed by atoms with van der Waals surface area (Å²) in [5.74, 6) is 1.83. The first-order valence-electron chi connectivity index (χ1n) is 10.2. The first-order valence-corrected chi connectivity index (χ1v) is 10.2. The maximum Gasteiger partial charge on any atom is 0.191 e. The zero-order valence-electron chi connectivity index (χ0n) is 17.0. The maximum absolute atomic E-state index is 5.55. The van der Waals surface area contributed by atoms with Crippen LogP contribution < -0.4 is 10.6 Å². The lowest BCUT2D eigenvalue weighted by Gasteiger charge is -2.34. The lowest BCUT2D eigenvalue weighted by atomic mass is 10.0. The van der Waals surface area contributed by atoms with Gasteiger partial charge in [-0.3, -0.25) is 9.89 Å². The molecule has 1 saturated heterocycles. The molecule has 2 heterocycles. The fraction of sp³-hybridized carbons (Fsp3) is 0.500. The highest BCUT2D eigenvalue weighted by molar-refractivity contribution is 5.79. The second-order valence-electron chi connectivity index (χ2n) is 7.05. The Labute approximate surface area is 168 Å². The fourth-order valence-electron chi connectivity index (χ4n) is 3.39. The predicted molar refractivity (Wildman–Crippen MR) is 113 cm³/mol. The van der Waals surface area contributed by atoms with Crippen LogP contribution in [0.4, 0.5) is 0 Å². The van der Waals surface area contributed by atoms with Crippen LogP contribution in [0, 0.1) is 6.92 Å². The summed E-state index contributed by atoms with van der Waals surface area (Å²) >= 11 is 0. The van der Waals surface area contributed by atoms with Gasteiger partial charge in [0.15, 0.2) is 5.96 Å². The van der Waals surface area contributed by atoms with Crippen LogP contribution in [0.15, 0.2) is 52.1 Å². The van der Waals surface area contributed by atoms with Crippen molar-refractivity contribution >= 4 is 5.96 Å². The van der Waals surface area contributed by atoms with Gasteiger partial charge in [-0.2, -0.15) is 0 Å². The van der Waals surface area contributed by atoms with E-state index in [9.17, 15) is 0 Å². The molecule has 1 aromatic heterocycles. The molecule has 0 aliphatic carbocycles. The molecule has 1 fully saturated rings. The number of nitrogens with one attached hydrogen (secondary N) is 2. The van der Waals surface area contributed by atoms with Crippen molar-refractivity contribution in [1.29, 1.82) is 0 Å². The SMILES string of the molecule is CCNC(=NCC(c1ccc(C)cc1)N1CCOCC1)NCCc1ccco1. The van der Waals surface area contributed by atoms with Crippen molar-refractivity contribution in [2.45, 2.75) is 26.3 Å². The summed E-state index contributed by atoms with van der Waals surface area (Å²) in [6, 6.07) is 13.0. The zero-order valence-corrected chi connectivity index (χ0v) is 17.0. The number of hydrogen-bond donors (Lipinski definition) is 2. The van der Waals surface area contributed by atoms with E-state index in [1.807, 2.05) is 12.1 Å². The molecule has 2 aromatic rings. The first-order chi connectivity index (χ1) is 13.8. The number of furan rings is 1. The first kappa shape index (κ1) is 20.4. The van der Waals surface area contributed by atoms with E-state index in [1.54, 1.807) is 6.26 Å². The Kier molecular flexibility index (Phi) is 7.94. The Morgan fingerprint density at radius 1 is 1.14 bits per heavy atom. The quantitative estimate of drug-likeness (QED) is 0.541. The second kappa shape index (κ2) is 10.9. The number of nitrogens with zero attached hydrogens (tertiary/aromatic N) is 2. The highest BCUT2D eigenvalue weighted by Crippen LogP contribution is 2.22. The lowest BCUT2D eigenvalue weighted by Crippen LogP contribution is -2.42. The lowest BCUT2D eigenvalue weighted by molar-refractivity contribution is 0.0179. The van der Waals surface area contributed by atoms with Gasteiger partial charge in [0, 0.05) is 32.6 Å². The van der Waals surface area contributed by atoms with Crippen LogP contribution in [0.2, 0.25) is 0 Å². The number of benzene rings is 1. The molecule has 1 unspecified atom stereocenters. The average Bonchev–Trinajstić information content (AvgIpc) is 3.24. The molecule has 0 bridgehead atoms. The van der Waals surface area contributed by atoms with E-state index in [4.69, 9.17) is 14.1 Å². The largest absolute Gasteiger partial charge is 0.469 e. The van der Waals surface area contributed by atoms with Crippen molar-refractivity contribution in [2.75, 3.05) is 45.9 Å². The average molecular weight is 385 g/mol. The summed E-state index contributed by atoms with van der Waals surface area (Å²) in [6.45, 7) is 9.99. The Morgan fingerprint density at radius 2 is 1.93 bits per heavy atom. The van der Waals surface area contributed by atoms with Crippen molar-refractivity contribution in [2.24, 2.45) is 4.99 Å². The number of rotatable bonds is 8. The molecule has 6 heteroatoms. The van der Waals surface area contributed by atoms with Gasteiger partial charge in [0.2, 0.25) is 0 Å². The Hall–Kier alpha value is -2.31. The van der Waals surface area contributed by atoms with Gasteiger partial charge >= 0.3 is 0 Å². The summed E-state index contributed by atoms with van der Waals surface area (Å²) in [7, 11) is 0. The molecule has 3 rings (SSSR count). The van der Waals surface area contributed by atoms with Crippen LogP contribution in [0.3, 0.4) is 0 Å².